The van der Waals surface area contributed by atoms with Crippen molar-refractivity contribution in [1.82, 2.24) is 0 Å². The lowest BCUT2D eigenvalue weighted by Gasteiger charge is -2.25. The molecule has 0 saturated heterocycles. The van der Waals surface area contributed by atoms with Crippen molar-refractivity contribution in [3.63, 3.8) is 0 Å². The fourth-order valence-electron chi connectivity index (χ4n) is 2.75. The van der Waals surface area contributed by atoms with Gasteiger partial charge in [0.2, 0.25) is 0 Å². The molecule has 0 aliphatic rings. The van der Waals surface area contributed by atoms with Crippen LogP contribution in [0.5, 0.6) is 5.75 Å². The number of ether oxygens (including phenoxy) is 1. The number of halogens is 1. The van der Waals surface area contributed by atoms with Gasteiger partial charge >= 0.3 is 0 Å². The number of rotatable bonds is 6. The van der Waals surface area contributed by atoms with Crippen LogP contribution in [0.15, 0.2) is 77.7 Å². The largest absolute Gasteiger partial charge is 0.496 e. The molecule has 27 heavy (non-hydrogen) atoms. The molecule has 0 amide bonds. The van der Waals surface area contributed by atoms with E-state index in [1.54, 1.807) is 31.4 Å². The minimum atomic E-state index is -3.79. The Hall–Kier alpha value is -2.50. The zero-order valence-electron chi connectivity index (χ0n) is 15.1. The van der Waals surface area contributed by atoms with Gasteiger partial charge in [0, 0.05) is 10.6 Å². The SMILES string of the molecule is COc1ccccc1CN(c1ccc(C)cc1)S(=O)(=O)c1ccc(Cl)cc1. The second-order valence-corrected chi connectivity index (χ2v) is 8.41. The third kappa shape index (κ3) is 4.26. The van der Waals surface area contributed by atoms with Crippen LogP contribution in [0.1, 0.15) is 11.1 Å². The van der Waals surface area contributed by atoms with Crippen molar-refractivity contribution < 1.29 is 13.2 Å². The fourth-order valence-corrected chi connectivity index (χ4v) is 4.32. The molecule has 0 unspecified atom stereocenters. The molecule has 0 aliphatic heterocycles. The molecule has 140 valence electrons. The predicted molar refractivity (Wildman–Crippen MR) is 109 cm³/mol. The maximum Gasteiger partial charge on any atom is 0.264 e. The minimum absolute atomic E-state index is 0.151. The van der Waals surface area contributed by atoms with Crippen LogP contribution in [-0.4, -0.2) is 15.5 Å². The van der Waals surface area contributed by atoms with Crippen molar-refractivity contribution in [2.75, 3.05) is 11.4 Å². The van der Waals surface area contributed by atoms with Gasteiger partial charge in [0.05, 0.1) is 24.2 Å². The number of methoxy groups -OCH3 is 1. The zero-order chi connectivity index (χ0) is 19.4. The molecule has 0 atom stereocenters. The quantitative estimate of drug-likeness (QED) is 0.580. The van der Waals surface area contributed by atoms with Crippen molar-refractivity contribution in [3.8, 4) is 5.75 Å². The Kier molecular flexibility index (Phi) is 5.73. The normalized spacial score (nSPS) is 11.2. The summed E-state index contributed by atoms with van der Waals surface area (Å²) >= 11 is 5.92. The van der Waals surface area contributed by atoms with Crippen LogP contribution in [0.2, 0.25) is 5.02 Å². The average Bonchev–Trinajstić information content (AvgIpc) is 2.67. The highest BCUT2D eigenvalue weighted by Crippen LogP contribution is 2.29. The first-order chi connectivity index (χ1) is 12.9. The first-order valence-corrected chi connectivity index (χ1v) is 10.2. The third-order valence-corrected chi connectivity index (χ3v) is 6.27. The number of aryl methyl sites for hydroxylation is 1. The summed E-state index contributed by atoms with van der Waals surface area (Å²) in [4.78, 5) is 0.183. The summed E-state index contributed by atoms with van der Waals surface area (Å²) in [6.07, 6.45) is 0. The number of nitrogens with zero attached hydrogens (tertiary/aromatic N) is 1. The molecule has 0 saturated carbocycles. The molecule has 3 rings (SSSR count). The van der Waals surface area contributed by atoms with E-state index >= 15 is 0 Å². The highest BCUT2D eigenvalue weighted by Gasteiger charge is 2.26. The molecule has 0 bridgehead atoms. The van der Waals surface area contributed by atoms with Gasteiger partial charge in [-0.15, -0.1) is 0 Å². The molecule has 0 aromatic heterocycles. The number of hydrogen-bond acceptors (Lipinski definition) is 3. The molecule has 0 radical (unpaired) electrons. The molecule has 0 heterocycles. The molecule has 3 aromatic rings. The van der Waals surface area contributed by atoms with Gasteiger partial charge < -0.3 is 4.74 Å². The van der Waals surface area contributed by atoms with Crippen LogP contribution in [0, 0.1) is 6.92 Å². The van der Waals surface area contributed by atoms with Crippen molar-refractivity contribution >= 4 is 27.3 Å². The van der Waals surface area contributed by atoms with Gasteiger partial charge in [-0.25, -0.2) is 8.42 Å². The van der Waals surface area contributed by atoms with E-state index in [0.29, 0.717) is 16.5 Å². The smallest absolute Gasteiger partial charge is 0.264 e. The number of anilines is 1. The first-order valence-electron chi connectivity index (χ1n) is 8.38. The van der Waals surface area contributed by atoms with Crippen LogP contribution in [0.4, 0.5) is 5.69 Å². The molecule has 3 aromatic carbocycles. The predicted octanol–water partition coefficient (Wildman–Crippen LogP) is 5.05. The monoisotopic (exact) mass is 401 g/mol. The van der Waals surface area contributed by atoms with Gasteiger partial charge in [0.25, 0.3) is 10.0 Å². The molecule has 0 fully saturated rings. The molecule has 0 spiro atoms. The van der Waals surface area contributed by atoms with E-state index in [4.69, 9.17) is 16.3 Å². The maximum atomic E-state index is 13.4. The number of para-hydroxylation sites is 1. The van der Waals surface area contributed by atoms with Gasteiger partial charge in [0.15, 0.2) is 0 Å². The number of hydrogen-bond donors (Lipinski definition) is 0. The number of benzene rings is 3. The van der Waals surface area contributed by atoms with E-state index in [-0.39, 0.29) is 11.4 Å². The van der Waals surface area contributed by atoms with Crippen LogP contribution >= 0.6 is 11.6 Å². The molecule has 0 aliphatic carbocycles. The standard InChI is InChI=1S/C21H20ClNO3S/c1-16-7-11-19(12-8-16)23(15-17-5-3-4-6-21(17)26-2)27(24,25)20-13-9-18(22)10-14-20/h3-14H,15H2,1-2H3. The van der Waals surface area contributed by atoms with Crippen molar-refractivity contribution in [3.05, 3.63) is 88.9 Å². The van der Waals surface area contributed by atoms with E-state index in [1.807, 2.05) is 43.3 Å². The Labute approximate surface area is 165 Å². The van der Waals surface area contributed by atoms with Crippen molar-refractivity contribution in [2.45, 2.75) is 18.4 Å². The van der Waals surface area contributed by atoms with Gasteiger partial charge in [-0.05, 0) is 49.4 Å². The summed E-state index contributed by atoms with van der Waals surface area (Å²) in [5.74, 6) is 0.640. The Bertz CT molecular complexity index is 1020. The van der Waals surface area contributed by atoms with Gasteiger partial charge in [0.1, 0.15) is 5.75 Å². The average molecular weight is 402 g/mol. The summed E-state index contributed by atoms with van der Waals surface area (Å²) in [6.45, 7) is 2.11. The maximum absolute atomic E-state index is 13.4. The minimum Gasteiger partial charge on any atom is -0.496 e. The Morgan fingerprint density at radius 1 is 0.926 bits per heavy atom. The van der Waals surface area contributed by atoms with Crippen LogP contribution in [-0.2, 0) is 16.6 Å². The third-order valence-electron chi connectivity index (χ3n) is 4.23. The van der Waals surface area contributed by atoms with E-state index in [2.05, 4.69) is 0 Å². The highest BCUT2D eigenvalue weighted by molar-refractivity contribution is 7.92. The van der Waals surface area contributed by atoms with Crippen LogP contribution in [0.3, 0.4) is 0 Å². The first kappa shape index (κ1) is 19.3. The second-order valence-electron chi connectivity index (χ2n) is 6.11. The Balaban J connectivity index is 2.09. The topological polar surface area (TPSA) is 46.6 Å². The molecule has 0 N–H and O–H groups in total. The molecular formula is C21H20ClNO3S. The lowest BCUT2D eigenvalue weighted by Crippen LogP contribution is -2.30. The van der Waals surface area contributed by atoms with Gasteiger partial charge in [-0.3, -0.25) is 4.31 Å². The highest BCUT2D eigenvalue weighted by atomic mass is 35.5. The van der Waals surface area contributed by atoms with E-state index in [9.17, 15) is 8.42 Å². The van der Waals surface area contributed by atoms with Gasteiger partial charge in [-0.2, -0.15) is 0 Å². The zero-order valence-corrected chi connectivity index (χ0v) is 16.7. The van der Waals surface area contributed by atoms with Gasteiger partial charge in [-0.1, -0.05) is 47.5 Å². The summed E-state index contributed by atoms with van der Waals surface area (Å²) < 4.78 is 33.5. The van der Waals surface area contributed by atoms with E-state index in [0.717, 1.165) is 11.1 Å². The summed E-state index contributed by atoms with van der Waals surface area (Å²) in [6, 6.07) is 21.0. The molecular weight excluding hydrogens is 382 g/mol. The van der Waals surface area contributed by atoms with E-state index in [1.165, 1.54) is 16.4 Å². The number of sulfonamides is 1. The molecule has 4 nitrogen and oxygen atoms in total. The van der Waals surface area contributed by atoms with E-state index < -0.39 is 10.0 Å². The fraction of sp³-hybridized carbons (Fsp3) is 0.143. The van der Waals surface area contributed by atoms with Crippen molar-refractivity contribution in [2.24, 2.45) is 0 Å². The summed E-state index contributed by atoms with van der Waals surface area (Å²) in [7, 11) is -2.22. The Morgan fingerprint density at radius 3 is 2.19 bits per heavy atom. The summed E-state index contributed by atoms with van der Waals surface area (Å²) in [5, 5.41) is 0.487. The van der Waals surface area contributed by atoms with Crippen molar-refractivity contribution in [1.29, 1.82) is 0 Å². The summed E-state index contributed by atoms with van der Waals surface area (Å²) in [5.41, 5.74) is 2.42. The van der Waals surface area contributed by atoms with Crippen LogP contribution < -0.4 is 9.04 Å². The van der Waals surface area contributed by atoms with Crippen LogP contribution in [0.25, 0.3) is 0 Å². The second kappa shape index (κ2) is 8.03. The lowest BCUT2D eigenvalue weighted by molar-refractivity contribution is 0.410. The molecule has 6 heteroatoms. The Morgan fingerprint density at radius 2 is 1.56 bits per heavy atom. The lowest BCUT2D eigenvalue weighted by atomic mass is 10.2.